The fraction of sp³-hybridized carbons (Fsp3) is 0.375. The number of carboxylic acid groups (broad SMARTS) is 1. The number of ether oxygens (including phenoxy) is 2. The number of carbonyl (C=O) groups excluding carboxylic acids is 1. The molecule has 0 aromatic heterocycles. The van der Waals surface area contributed by atoms with Crippen molar-refractivity contribution >= 4 is 29.6 Å². The van der Waals surface area contributed by atoms with E-state index in [0.717, 1.165) is 0 Å². The molecular weight excluding hydrogens is 322 g/mol. The van der Waals surface area contributed by atoms with Gasteiger partial charge in [0.2, 0.25) is 5.91 Å². The summed E-state index contributed by atoms with van der Waals surface area (Å²) < 4.78 is 10.9. The van der Waals surface area contributed by atoms with E-state index in [0.29, 0.717) is 35.3 Å². The molecule has 1 aliphatic rings. The zero-order valence-electron chi connectivity index (χ0n) is 12.9. The maximum Gasteiger partial charge on any atom is 0.308 e. The maximum absolute atomic E-state index is 12.0. The molecule has 2 rings (SSSR count). The van der Waals surface area contributed by atoms with E-state index in [1.807, 2.05) is 0 Å². The molecule has 0 spiro atoms. The van der Waals surface area contributed by atoms with Gasteiger partial charge in [0.05, 0.1) is 10.9 Å². The summed E-state index contributed by atoms with van der Waals surface area (Å²) in [6.07, 6.45) is 2.98. The van der Waals surface area contributed by atoms with Crippen molar-refractivity contribution in [1.82, 2.24) is 4.90 Å². The van der Waals surface area contributed by atoms with Gasteiger partial charge < -0.3 is 19.5 Å². The van der Waals surface area contributed by atoms with E-state index in [4.69, 9.17) is 26.2 Å². The van der Waals surface area contributed by atoms with Crippen molar-refractivity contribution in [3.8, 4) is 11.5 Å². The highest BCUT2D eigenvalue weighted by molar-refractivity contribution is 6.32. The maximum atomic E-state index is 12.0. The zero-order chi connectivity index (χ0) is 17.0. The summed E-state index contributed by atoms with van der Waals surface area (Å²) in [7, 11) is 1.56. The number of carbonyl (C=O) groups is 2. The van der Waals surface area contributed by atoms with Gasteiger partial charge in [0, 0.05) is 19.7 Å². The number of amides is 1. The molecule has 0 bridgehead atoms. The molecule has 0 saturated heterocycles. The van der Waals surface area contributed by atoms with Crippen LogP contribution < -0.4 is 9.47 Å². The van der Waals surface area contributed by atoms with Crippen LogP contribution in [0.4, 0.5) is 0 Å². The second kappa shape index (κ2) is 7.37. The molecule has 1 aromatic carbocycles. The van der Waals surface area contributed by atoms with Crippen LogP contribution in [0, 0.1) is 5.92 Å². The van der Waals surface area contributed by atoms with Gasteiger partial charge >= 0.3 is 5.97 Å². The highest BCUT2D eigenvalue weighted by Crippen LogP contribution is 2.38. The summed E-state index contributed by atoms with van der Waals surface area (Å²) >= 11 is 6.13. The first-order valence-electron chi connectivity index (χ1n) is 7.13. The predicted molar refractivity (Wildman–Crippen MR) is 85.9 cm³/mol. The molecule has 23 heavy (non-hydrogen) atoms. The first kappa shape index (κ1) is 17.1. The van der Waals surface area contributed by atoms with Crippen molar-refractivity contribution in [2.24, 2.45) is 5.92 Å². The lowest BCUT2D eigenvalue weighted by Gasteiger charge is -2.20. The Labute approximate surface area is 139 Å². The molecule has 0 fully saturated rings. The SMILES string of the molecule is CC(CN(C)C(=O)/C=C/c1cc(Cl)c2c(c1)OCCO2)C(=O)O. The highest BCUT2D eigenvalue weighted by Gasteiger charge is 2.17. The lowest BCUT2D eigenvalue weighted by atomic mass is 10.1. The monoisotopic (exact) mass is 339 g/mol. The number of hydrogen-bond acceptors (Lipinski definition) is 4. The van der Waals surface area contributed by atoms with Crippen LogP contribution in [0.1, 0.15) is 12.5 Å². The van der Waals surface area contributed by atoms with Gasteiger partial charge in [-0.15, -0.1) is 0 Å². The molecule has 0 radical (unpaired) electrons. The van der Waals surface area contributed by atoms with Crippen molar-refractivity contribution < 1.29 is 24.2 Å². The molecular formula is C16H18ClNO5. The number of rotatable bonds is 5. The van der Waals surface area contributed by atoms with Gasteiger partial charge in [-0.3, -0.25) is 9.59 Å². The highest BCUT2D eigenvalue weighted by atomic mass is 35.5. The van der Waals surface area contributed by atoms with Crippen LogP contribution in [-0.4, -0.2) is 48.7 Å². The minimum absolute atomic E-state index is 0.139. The molecule has 6 nitrogen and oxygen atoms in total. The van der Waals surface area contributed by atoms with Crippen LogP contribution in [0.15, 0.2) is 18.2 Å². The number of fused-ring (bicyclic) bond motifs is 1. The van der Waals surface area contributed by atoms with Gasteiger partial charge in [-0.1, -0.05) is 18.5 Å². The van der Waals surface area contributed by atoms with E-state index in [2.05, 4.69) is 0 Å². The van der Waals surface area contributed by atoms with Crippen LogP contribution in [0.5, 0.6) is 11.5 Å². The van der Waals surface area contributed by atoms with E-state index in [9.17, 15) is 9.59 Å². The fourth-order valence-electron chi connectivity index (χ4n) is 2.10. The van der Waals surface area contributed by atoms with Crippen molar-refractivity contribution in [3.63, 3.8) is 0 Å². The topological polar surface area (TPSA) is 76.1 Å². The molecule has 0 aliphatic carbocycles. The first-order chi connectivity index (χ1) is 10.9. The Morgan fingerprint density at radius 1 is 1.39 bits per heavy atom. The summed E-state index contributed by atoms with van der Waals surface area (Å²) in [5.41, 5.74) is 0.701. The molecule has 1 atom stereocenters. The van der Waals surface area contributed by atoms with Crippen LogP contribution in [0.3, 0.4) is 0 Å². The number of aliphatic carboxylic acids is 1. The smallest absolute Gasteiger partial charge is 0.308 e. The third-order valence-corrected chi connectivity index (χ3v) is 3.66. The molecule has 7 heteroatoms. The van der Waals surface area contributed by atoms with E-state index < -0.39 is 11.9 Å². The van der Waals surface area contributed by atoms with Gasteiger partial charge in [0.15, 0.2) is 11.5 Å². The first-order valence-corrected chi connectivity index (χ1v) is 7.51. The third-order valence-electron chi connectivity index (χ3n) is 3.38. The van der Waals surface area contributed by atoms with Crippen LogP contribution >= 0.6 is 11.6 Å². The normalized spacial score (nSPS) is 14.6. The average Bonchev–Trinajstić information content (AvgIpc) is 2.52. The lowest BCUT2D eigenvalue weighted by Crippen LogP contribution is -2.32. The predicted octanol–water partition coefficient (Wildman–Crippen LogP) is 2.30. The Balaban J connectivity index is 2.06. The second-order valence-electron chi connectivity index (χ2n) is 5.32. The number of carboxylic acids is 1. The molecule has 1 N–H and O–H groups in total. The molecule has 0 saturated carbocycles. The molecule has 1 aliphatic heterocycles. The van der Waals surface area contributed by atoms with E-state index in [-0.39, 0.29) is 12.5 Å². The Hall–Kier alpha value is -2.21. The van der Waals surface area contributed by atoms with Crippen molar-refractivity contribution in [2.75, 3.05) is 26.8 Å². The molecule has 1 heterocycles. The average molecular weight is 340 g/mol. The van der Waals surface area contributed by atoms with Crippen molar-refractivity contribution in [1.29, 1.82) is 0 Å². The molecule has 1 aromatic rings. The summed E-state index contributed by atoms with van der Waals surface area (Å²) in [5, 5.41) is 9.29. The Morgan fingerprint density at radius 2 is 2.09 bits per heavy atom. The van der Waals surface area contributed by atoms with Crippen LogP contribution in [-0.2, 0) is 9.59 Å². The zero-order valence-corrected chi connectivity index (χ0v) is 13.7. The molecule has 124 valence electrons. The Bertz CT molecular complexity index is 644. The van der Waals surface area contributed by atoms with Gasteiger partial charge in [-0.25, -0.2) is 0 Å². The van der Waals surface area contributed by atoms with Crippen LogP contribution in [0.25, 0.3) is 6.08 Å². The van der Waals surface area contributed by atoms with Crippen LogP contribution in [0.2, 0.25) is 5.02 Å². The quantitative estimate of drug-likeness (QED) is 0.833. The number of hydrogen-bond donors (Lipinski definition) is 1. The van der Waals surface area contributed by atoms with Gasteiger partial charge in [0.1, 0.15) is 13.2 Å². The van der Waals surface area contributed by atoms with Crippen molar-refractivity contribution in [3.05, 3.63) is 28.8 Å². The van der Waals surface area contributed by atoms with Crippen molar-refractivity contribution in [2.45, 2.75) is 6.92 Å². The lowest BCUT2D eigenvalue weighted by molar-refractivity contribution is -0.142. The van der Waals surface area contributed by atoms with E-state index in [1.54, 1.807) is 32.2 Å². The number of likely N-dealkylation sites (N-methyl/N-ethyl adjacent to an activating group) is 1. The third kappa shape index (κ3) is 4.39. The molecule has 1 unspecified atom stereocenters. The summed E-state index contributed by atoms with van der Waals surface area (Å²) in [6, 6.07) is 3.42. The standard InChI is InChI=1S/C16H18ClNO5/c1-10(16(20)21)9-18(2)14(19)4-3-11-7-12(17)15-13(8-11)22-5-6-23-15/h3-4,7-8,10H,5-6,9H2,1-2H3,(H,20,21)/b4-3+. The minimum atomic E-state index is -0.938. The number of nitrogens with zero attached hydrogens (tertiary/aromatic N) is 1. The summed E-state index contributed by atoms with van der Waals surface area (Å²) in [4.78, 5) is 24.2. The summed E-state index contributed by atoms with van der Waals surface area (Å²) in [5.74, 6) is -0.796. The number of benzene rings is 1. The number of halogens is 1. The fourth-order valence-corrected chi connectivity index (χ4v) is 2.37. The van der Waals surface area contributed by atoms with Gasteiger partial charge in [-0.2, -0.15) is 0 Å². The Morgan fingerprint density at radius 3 is 2.78 bits per heavy atom. The Kier molecular flexibility index (Phi) is 5.50. The second-order valence-corrected chi connectivity index (χ2v) is 5.73. The van der Waals surface area contributed by atoms with E-state index in [1.165, 1.54) is 11.0 Å². The van der Waals surface area contributed by atoms with Gasteiger partial charge in [0.25, 0.3) is 0 Å². The van der Waals surface area contributed by atoms with Gasteiger partial charge in [-0.05, 0) is 23.8 Å². The summed E-state index contributed by atoms with van der Waals surface area (Å²) in [6.45, 7) is 2.59. The minimum Gasteiger partial charge on any atom is -0.486 e. The van der Waals surface area contributed by atoms with E-state index >= 15 is 0 Å². The molecule has 1 amide bonds. The largest absolute Gasteiger partial charge is 0.486 e.